The van der Waals surface area contributed by atoms with Gasteiger partial charge in [0.2, 0.25) is 10.0 Å². The van der Waals surface area contributed by atoms with E-state index in [1.54, 1.807) is 0 Å². The van der Waals surface area contributed by atoms with Gasteiger partial charge in [-0.15, -0.1) is 0 Å². The number of hydrogen-bond donors (Lipinski definition) is 2. The maximum Gasteiger partial charge on any atom is 0.212 e. The third-order valence-electron chi connectivity index (χ3n) is 3.35. The Hall–Kier alpha value is -0.170. The zero-order valence-corrected chi connectivity index (χ0v) is 12.6. The van der Waals surface area contributed by atoms with Crippen LogP contribution < -0.4 is 10.0 Å². The monoisotopic (exact) mass is 277 g/mol. The third kappa shape index (κ3) is 6.68. The van der Waals surface area contributed by atoms with E-state index >= 15 is 0 Å². The number of piperidine rings is 1. The Bertz CT molecular complexity index is 322. The summed E-state index contributed by atoms with van der Waals surface area (Å²) in [6, 6.07) is 0.328. The highest BCUT2D eigenvalue weighted by atomic mass is 32.2. The molecule has 1 aliphatic rings. The van der Waals surface area contributed by atoms with Gasteiger partial charge in [-0.25, -0.2) is 13.1 Å². The Balaban J connectivity index is 2.20. The number of rotatable bonds is 7. The van der Waals surface area contributed by atoms with Gasteiger partial charge in [0.25, 0.3) is 0 Å². The lowest BCUT2D eigenvalue weighted by Gasteiger charge is -2.28. The summed E-state index contributed by atoms with van der Waals surface area (Å²) in [5, 5.41) is 3.12. The molecule has 0 aromatic carbocycles. The zero-order valence-electron chi connectivity index (χ0n) is 11.8. The zero-order chi connectivity index (χ0) is 13.6. The molecule has 1 rings (SSSR count). The van der Waals surface area contributed by atoms with Crippen LogP contribution in [0.4, 0.5) is 0 Å². The maximum atomic E-state index is 11.8. The van der Waals surface area contributed by atoms with Crippen molar-refractivity contribution in [2.24, 2.45) is 5.92 Å². The van der Waals surface area contributed by atoms with Crippen LogP contribution in [0.1, 0.15) is 26.7 Å². The lowest BCUT2D eigenvalue weighted by atomic mass is 9.98. The molecule has 2 N–H and O–H groups in total. The van der Waals surface area contributed by atoms with Gasteiger partial charge in [0.15, 0.2) is 0 Å². The van der Waals surface area contributed by atoms with Gasteiger partial charge < -0.3 is 10.2 Å². The van der Waals surface area contributed by atoms with Gasteiger partial charge in [0, 0.05) is 19.1 Å². The molecule has 108 valence electrons. The van der Waals surface area contributed by atoms with Crippen LogP contribution in [0.25, 0.3) is 0 Å². The molecular weight excluding hydrogens is 250 g/mol. The highest BCUT2D eigenvalue weighted by Crippen LogP contribution is 2.14. The van der Waals surface area contributed by atoms with Gasteiger partial charge >= 0.3 is 0 Å². The van der Waals surface area contributed by atoms with E-state index in [4.69, 9.17) is 0 Å². The van der Waals surface area contributed by atoms with Crippen molar-refractivity contribution in [3.05, 3.63) is 0 Å². The largest absolute Gasteiger partial charge is 0.313 e. The Morgan fingerprint density at radius 1 is 1.28 bits per heavy atom. The second kappa shape index (κ2) is 7.43. The summed E-state index contributed by atoms with van der Waals surface area (Å²) >= 11 is 0. The second-order valence-electron chi connectivity index (χ2n) is 5.52. The molecule has 0 radical (unpaired) electrons. The lowest BCUT2D eigenvalue weighted by molar-refractivity contribution is 0.220. The number of hydrogen-bond acceptors (Lipinski definition) is 4. The molecule has 5 nitrogen and oxygen atoms in total. The van der Waals surface area contributed by atoms with Crippen LogP contribution in [0, 0.1) is 5.92 Å². The van der Waals surface area contributed by atoms with E-state index in [9.17, 15) is 8.42 Å². The van der Waals surface area contributed by atoms with Crippen LogP contribution in [-0.4, -0.2) is 58.3 Å². The summed E-state index contributed by atoms with van der Waals surface area (Å²) in [5.41, 5.74) is 0. The molecule has 0 spiro atoms. The number of nitrogens with zero attached hydrogens (tertiary/aromatic N) is 1. The van der Waals surface area contributed by atoms with E-state index in [1.165, 1.54) is 0 Å². The van der Waals surface area contributed by atoms with Crippen LogP contribution in [-0.2, 0) is 10.0 Å². The van der Waals surface area contributed by atoms with E-state index < -0.39 is 10.0 Å². The first-order valence-corrected chi connectivity index (χ1v) is 8.43. The number of nitrogens with one attached hydrogen (secondary N) is 2. The molecule has 0 saturated carbocycles. The molecule has 0 aliphatic carbocycles. The Kier molecular flexibility index (Phi) is 6.55. The molecule has 1 fully saturated rings. The van der Waals surface area contributed by atoms with Gasteiger partial charge in [-0.3, -0.25) is 0 Å². The lowest BCUT2D eigenvalue weighted by Crippen LogP contribution is -2.39. The summed E-state index contributed by atoms with van der Waals surface area (Å²) in [6.45, 7) is 7.28. The number of likely N-dealkylation sites (tertiary alicyclic amines) is 1. The second-order valence-corrected chi connectivity index (χ2v) is 7.45. The fraction of sp³-hybridized carbons (Fsp3) is 1.00. The van der Waals surface area contributed by atoms with Crippen LogP contribution >= 0.6 is 0 Å². The van der Waals surface area contributed by atoms with Crippen molar-refractivity contribution in [1.82, 2.24) is 14.9 Å². The molecular formula is C12H27N3O2S. The van der Waals surface area contributed by atoms with Crippen molar-refractivity contribution >= 4 is 10.0 Å². The van der Waals surface area contributed by atoms with E-state index in [1.807, 2.05) is 13.8 Å². The van der Waals surface area contributed by atoms with Crippen molar-refractivity contribution in [2.45, 2.75) is 32.7 Å². The van der Waals surface area contributed by atoms with E-state index in [0.29, 0.717) is 25.0 Å². The third-order valence-corrected chi connectivity index (χ3v) is 4.70. The molecule has 0 unspecified atom stereocenters. The normalized spacial score (nSPS) is 19.6. The van der Waals surface area contributed by atoms with Gasteiger partial charge in [0.1, 0.15) is 0 Å². The smallest absolute Gasteiger partial charge is 0.212 e. The fourth-order valence-corrected chi connectivity index (χ4v) is 3.09. The van der Waals surface area contributed by atoms with Gasteiger partial charge in [-0.05, 0) is 38.9 Å². The molecule has 0 aromatic rings. The first-order chi connectivity index (χ1) is 8.39. The molecule has 0 bridgehead atoms. The summed E-state index contributed by atoms with van der Waals surface area (Å²) in [6.07, 6.45) is 2.17. The number of sulfonamides is 1. The van der Waals surface area contributed by atoms with Gasteiger partial charge in [-0.1, -0.05) is 13.8 Å². The summed E-state index contributed by atoms with van der Waals surface area (Å²) in [4.78, 5) is 2.29. The van der Waals surface area contributed by atoms with E-state index in [-0.39, 0.29) is 5.75 Å². The Labute approximate surface area is 111 Å². The summed E-state index contributed by atoms with van der Waals surface area (Å²) in [5.74, 6) is 0.659. The topological polar surface area (TPSA) is 61.4 Å². The molecule has 18 heavy (non-hydrogen) atoms. The van der Waals surface area contributed by atoms with Gasteiger partial charge in [0.05, 0.1) is 5.75 Å². The molecule has 0 atom stereocenters. The molecule has 1 aliphatic heterocycles. The maximum absolute atomic E-state index is 11.8. The highest BCUT2D eigenvalue weighted by molar-refractivity contribution is 7.89. The average molecular weight is 277 g/mol. The standard InChI is InChI=1S/C12H27N3O2S/c1-11(2)13-6-9-18(16,17)14-10-12-4-7-15(3)8-5-12/h11-14H,4-10H2,1-3H3. The van der Waals surface area contributed by atoms with Crippen molar-refractivity contribution in [2.75, 3.05) is 39.0 Å². The minimum atomic E-state index is -3.12. The Morgan fingerprint density at radius 2 is 1.89 bits per heavy atom. The van der Waals surface area contributed by atoms with Gasteiger partial charge in [-0.2, -0.15) is 0 Å². The molecule has 6 heteroatoms. The van der Waals surface area contributed by atoms with E-state index in [0.717, 1.165) is 25.9 Å². The molecule has 0 aromatic heterocycles. The fourth-order valence-electron chi connectivity index (χ4n) is 2.07. The quantitative estimate of drug-likeness (QED) is 0.700. The minimum absolute atomic E-state index is 0.164. The van der Waals surface area contributed by atoms with Crippen LogP contribution in [0.2, 0.25) is 0 Å². The van der Waals surface area contributed by atoms with E-state index in [2.05, 4.69) is 22.0 Å². The first kappa shape index (κ1) is 15.9. The first-order valence-electron chi connectivity index (χ1n) is 6.78. The van der Waals surface area contributed by atoms with Crippen LogP contribution in [0.15, 0.2) is 0 Å². The van der Waals surface area contributed by atoms with Crippen molar-refractivity contribution in [3.8, 4) is 0 Å². The highest BCUT2D eigenvalue weighted by Gasteiger charge is 2.19. The molecule has 0 amide bonds. The minimum Gasteiger partial charge on any atom is -0.313 e. The average Bonchev–Trinajstić information content (AvgIpc) is 2.27. The summed E-state index contributed by atoms with van der Waals surface area (Å²) in [7, 11) is -1.01. The van der Waals surface area contributed by atoms with Crippen molar-refractivity contribution in [3.63, 3.8) is 0 Å². The van der Waals surface area contributed by atoms with Crippen LogP contribution in [0.3, 0.4) is 0 Å². The molecule has 1 saturated heterocycles. The molecule has 1 heterocycles. The SMILES string of the molecule is CC(C)NCCS(=O)(=O)NCC1CCN(C)CC1. The summed E-state index contributed by atoms with van der Waals surface area (Å²) < 4.78 is 26.2. The predicted octanol–water partition coefficient (Wildman–Crippen LogP) is 0.246. The van der Waals surface area contributed by atoms with Crippen molar-refractivity contribution < 1.29 is 8.42 Å². The predicted molar refractivity (Wildman–Crippen MR) is 75.1 cm³/mol. The Morgan fingerprint density at radius 3 is 2.44 bits per heavy atom. The van der Waals surface area contributed by atoms with Crippen molar-refractivity contribution in [1.29, 1.82) is 0 Å². The van der Waals surface area contributed by atoms with Crippen LogP contribution in [0.5, 0.6) is 0 Å².